The summed E-state index contributed by atoms with van der Waals surface area (Å²) in [4.78, 5) is 2.39. The van der Waals surface area contributed by atoms with Crippen LogP contribution in [0.1, 0.15) is 66.2 Å². The molecule has 0 saturated heterocycles. The Hall–Kier alpha value is 0.390. The molecule has 0 aromatic heterocycles. The van der Waals surface area contributed by atoms with Crippen LogP contribution in [0.3, 0.4) is 0 Å². The van der Waals surface area contributed by atoms with E-state index in [2.05, 4.69) is 41.8 Å². The lowest BCUT2D eigenvalue weighted by Gasteiger charge is -2.15. The first-order valence-electron chi connectivity index (χ1n) is 6.69. The van der Waals surface area contributed by atoms with E-state index in [1.807, 2.05) is 0 Å². The van der Waals surface area contributed by atoms with Crippen molar-refractivity contribution in [1.82, 2.24) is 4.90 Å². The molecule has 15 heavy (non-hydrogen) atoms. The van der Waals surface area contributed by atoms with Crippen LogP contribution in [0.25, 0.3) is 0 Å². The van der Waals surface area contributed by atoms with Crippen LogP contribution < -0.4 is 0 Å². The van der Waals surface area contributed by atoms with Crippen LogP contribution in [0.4, 0.5) is 0 Å². The van der Waals surface area contributed by atoms with Crippen molar-refractivity contribution in [3.05, 3.63) is 0 Å². The summed E-state index contributed by atoms with van der Waals surface area (Å²) >= 11 is 0. The summed E-state index contributed by atoms with van der Waals surface area (Å²) in [5.41, 5.74) is 0. The Morgan fingerprint density at radius 3 is 1.53 bits per heavy atom. The molecule has 0 aromatic carbocycles. The molecule has 0 aliphatic heterocycles. The van der Waals surface area contributed by atoms with Crippen LogP contribution in [0, 0.1) is 0 Å². The molecule has 0 rings (SSSR count). The first-order valence-corrected chi connectivity index (χ1v) is 7.50. The average Bonchev–Trinajstić information content (AvgIpc) is 2.27. The van der Waals surface area contributed by atoms with Gasteiger partial charge in [0.1, 0.15) is 0 Å². The van der Waals surface area contributed by atoms with E-state index in [4.69, 9.17) is 0 Å². The monoisotopic (exact) mass is 233 g/mol. The number of nitrogens with zero attached hydrogens (tertiary/aromatic N) is 1. The van der Waals surface area contributed by atoms with Gasteiger partial charge in [-0.3, -0.25) is 0 Å². The van der Waals surface area contributed by atoms with E-state index in [0.29, 0.717) is 0 Å². The first-order chi connectivity index (χ1) is 7.26. The molecule has 0 radical (unpaired) electrons. The zero-order valence-corrected chi connectivity index (χ0v) is 12.5. The molecule has 0 aromatic rings. The van der Waals surface area contributed by atoms with Crippen LogP contribution in [-0.2, 0) is 0 Å². The Balaban J connectivity index is 0. The Morgan fingerprint density at radius 2 is 1.33 bits per heavy atom. The van der Waals surface area contributed by atoms with Gasteiger partial charge in [0.05, 0.1) is 0 Å². The Bertz CT molecular complexity index is 88.5. The van der Waals surface area contributed by atoms with Crippen molar-refractivity contribution in [1.29, 1.82) is 0 Å². The fraction of sp³-hybridized carbons (Fsp3) is 1.00. The van der Waals surface area contributed by atoms with Gasteiger partial charge in [-0.1, -0.05) is 59.8 Å². The highest BCUT2D eigenvalue weighted by Gasteiger charge is 1.92. The summed E-state index contributed by atoms with van der Waals surface area (Å²) in [6.45, 7) is 11.3. The maximum Gasteiger partial charge on any atom is 0.0126 e. The van der Waals surface area contributed by atoms with Crippen LogP contribution >= 0.6 is 9.24 Å². The normalized spacial score (nSPS) is 10.0. The number of rotatable bonds is 8. The SMILES string of the molecule is CCCCCCC.CCCN(CC)CP. The number of hydrogen-bond donors (Lipinski definition) is 0. The van der Waals surface area contributed by atoms with E-state index in [9.17, 15) is 0 Å². The lowest BCUT2D eigenvalue weighted by Crippen LogP contribution is -2.21. The third kappa shape index (κ3) is 17.0. The Morgan fingerprint density at radius 1 is 0.800 bits per heavy atom. The van der Waals surface area contributed by atoms with Gasteiger partial charge in [0.25, 0.3) is 0 Å². The smallest absolute Gasteiger partial charge is 0.0126 e. The zero-order chi connectivity index (χ0) is 11.9. The summed E-state index contributed by atoms with van der Waals surface area (Å²) in [6, 6.07) is 0. The molecule has 1 nitrogen and oxygen atoms in total. The van der Waals surface area contributed by atoms with Gasteiger partial charge in [-0.2, -0.15) is 0 Å². The highest BCUT2D eigenvalue weighted by Crippen LogP contribution is 2.00. The minimum Gasteiger partial charge on any atom is -0.300 e. The highest BCUT2D eigenvalue weighted by molar-refractivity contribution is 7.16. The summed E-state index contributed by atoms with van der Waals surface area (Å²) in [7, 11) is 2.74. The minimum atomic E-state index is 1.12. The third-order valence-electron chi connectivity index (χ3n) is 2.45. The van der Waals surface area contributed by atoms with E-state index in [-0.39, 0.29) is 0 Å². The molecule has 0 bridgehead atoms. The predicted octanol–water partition coefficient (Wildman–Crippen LogP) is 4.53. The van der Waals surface area contributed by atoms with Crippen molar-refractivity contribution < 1.29 is 0 Å². The molecule has 0 aliphatic rings. The molecular weight excluding hydrogens is 201 g/mol. The summed E-state index contributed by atoms with van der Waals surface area (Å²) in [5, 5.41) is 0. The molecule has 0 amide bonds. The number of unbranched alkanes of at least 4 members (excludes halogenated alkanes) is 4. The maximum absolute atomic E-state index is 2.74. The average molecular weight is 233 g/mol. The second kappa shape index (κ2) is 16.8. The van der Waals surface area contributed by atoms with Crippen LogP contribution in [0.2, 0.25) is 0 Å². The molecular formula is C13H32NP. The molecule has 0 N–H and O–H groups in total. The molecule has 1 unspecified atom stereocenters. The quantitative estimate of drug-likeness (QED) is 0.440. The van der Waals surface area contributed by atoms with Crippen molar-refractivity contribution in [2.45, 2.75) is 66.2 Å². The van der Waals surface area contributed by atoms with Gasteiger partial charge in [0, 0.05) is 6.29 Å². The summed E-state index contributed by atoms with van der Waals surface area (Å²) in [6.07, 6.45) is 9.39. The maximum atomic E-state index is 2.74. The Labute approximate surface area is 100 Å². The van der Waals surface area contributed by atoms with E-state index in [1.165, 1.54) is 51.6 Å². The van der Waals surface area contributed by atoms with Crippen molar-refractivity contribution in [3.63, 3.8) is 0 Å². The van der Waals surface area contributed by atoms with Gasteiger partial charge in [0.2, 0.25) is 0 Å². The Kier molecular flexibility index (Phi) is 19.9. The van der Waals surface area contributed by atoms with Gasteiger partial charge in [-0.25, -0.2) is 0 Å². The lowest BCUT2D eigenvalue weighted by atomic mass is 10.2. The van der Waals surface area contributed by atoms with Crippen LogP contribution in [-0.4, -0.2) is 24.3 Å². The van der Waals surface area contributed by atoms with Gasteiger partial charge in [-0.05, 0) is 19.5 Å². The molecule has 0 saturated carbocycles. The van der Waals surface area contributed by atoms with E-state index in [0.717, 1.165) is 6.29 Å². The molecule has 0 heterocycles. The number of hydrogen-bond acceptors (Lipinski definition) is 1. The molecule has 1 atom stereocenters. The topological polar surface area (TPSA) is 3.24 Å². The van der Waals surface area contributed by atoms with Crippen molar-refractivity contribution in [2.24, 2.45) is 0 Å². The fourth-order valence-corrected chi connectivity index (χ4v) is 1.81. The lowest BCUT2D eigenvalue weighted by molar-refractivity contribution is 0.339. The van der Waals surface area contributed by atoms with E-state index >= 15 is 0 Å². The standard InChI is InChI=1S/C7H16.C6H16NP/c1-3-5-7-6-4-2;1-3-5-7(4-2)6-8/h3-7H2,1-2H3;3-6,8H2,1-2H3. The molecule has 0 fully saturated rings. The predicted molar refractivity (Wildman–Crippen MR) is 76.5 cm³/mol. The van der Waals surface area contributed by atoms with Gasteiger partial charge in [0.15, 0.2) is 0 Å². The fourth-order valence-electron chi connectivity index (χ4n) is 1.37. The molecule has 0 aliphatic carbocycles. The molecule has 2 heteroatoms. The first kappa shape index (κ1) is 17.8. The van der Waals surface area contributed by atoms with Crippen molar-refractivity contribution >= 4 is 9.24 Å². The zero-order valence-electron chi connectivity index (χ0n) is 11.4. The highest BCUT2D eigenvalue weighted by atomic mass is 31.0. The van der Waals surface area contributed by atoms with E-state index < -0.39 is 0 Å². The van der Waals surface area contributed by atoms with Gasteiger partial charge in [-0.15, -0.1) is 9.24 Å². The van der Waals surface area contributed by atoms with Crippen LogP contribution in [0.15, 0.2) is 0 Å². The second-order valence-electron chi connectivity index (χ2n) is 3.95. The molecule has 94 valence electrons. The van der Waals surface area contributed by atoms with Gasteiger partial charge < -0.3 is 4.90 Å². The summed E-state index contributed by atoms with van der Waals surface area (Å²) < 4.78 is 0. The molecule has 0 spiro atoms. The van der Waals surface area contributed by atoms with Crippen LogP contribution in [0.5, 0.6) is 0 Å². The third-order valence-corrected chi connectivity index (χ3v) is 2.97. The largest absolute Gasteiger partial charge is 0.300 e. The van der Waals surface area contributed by atoms with Gasteiger partial charge >= 0.3 is 0 Å². The van der Waals surface area contributed by atoms with Crippen molar-refractivity contribution in [2.75, 3.05) is 19.4 Å². The summed E-state index contributed by atoms with van der Waals surface area (Å²) in [5.74, 6) is 0. The van der Waals surface area contributed by atoms with Crippen molar-refractivity contribution in [3.8, 4) is 0 Å². The minimum absolute atomic E-state index is 1.12. The van der Waals surface area contributed by atoms with E-state index in [1.54, 1.807) is 0 Å². The second-order valence-corrected chi connectivity index (χ2v) is 4.32.